The number of nitrogens with zero attached hydrogens (tertiary/aromatic N) is 5. The topological polar surface area (TPSA) is 99.5 Å². The molecule has 2 heterocycles. The van der Waals surface area contributed by atoms with Crippen molar-refractivity contribution in [1.29, 1.82) is 10.5 Å². The summed E-state index contributed by atoms with van der Waals surface area (Å²) in [5.74, 6) is 1.54. The zero-order valence-electron chi connectivity index (χ0n) is 20.1. The van der Waals surface area contributed by atoms with Gasteiger partial charge in [0.25, 0.3) is 0 Å². The SMILES string of the molecule is Cc1cc(C#N)cc(C)c1Oc1nc(NC2=CC=C(C#N)CC2)nc2c1ccn2Cc1ccccc1. The van der Waals surface area contributed by atoms with Gasteiger partial charge in [0, 0.05) is 24.0 Å². The first-order chi connectivity index (χ1) is 17.5. The second-order valence-corrected chi connectivity index (χ2v) is 8.79. The molecule has 7 nitrogen and oxygen atoms in total. The summed E-state index contributed by atoms with van der Waals surface area (Å²) in [4.78, 5) is 9.56. The van der Waals surface area contributed by atoms with Gasteiger partial charge in [-0.3, -0.25) is 0 Å². The lowest BCUT2D eigenvalue weighted by atomic mass is 10.0. The second kappa shape index (κ2) is 9.77. The highest BCUT2D eigenvalue weighted by Gasteiger charge is 2.17. The van der Waals surface area contributed by atoms with Crippen LogP contribution >= 0.6 is 0 Å². The van der Waals surface area contributed by atoms with E-state index in [1.54, 1.807) is 0 Å². The Hall–Kier alpha value is -4.88. The molecule has 176 valence electrons. The number of hydrogen-bond acceptors (Lipinski definition) is 6. The van der Waals surface area contributed by atoms with Gasteiger partial charge in [-0.2, -0.15) is 20.5 Å². The summed E-state index contributed by atoms with van der Waals surface area (Å²) in [6.07, 6.45) is 7.09. The number of fused-ring (bicyclic) bond motifs is 1. The lowest BCUT2D eigenvalue weighted by molar-refractivity contribution is 0.462. The molecule has 2 aromatic carbocycles. The van der Waals surface area contributed by atoms with Crippen LogP contribution in [0.2, 0.25) is 0 Å². The number of benzene rings is 2. The summed E-state index contributed by atoms with van der Waals surface area (Å²) in [5.41, 5.74) is 5.92. The van der Waals surface area contributed by atoms with Crippen LogP contribution in [-0.4, -0.2) is 14.5 Å². The zero-order valence-corrected chi connectivity index (χ0v) is 20.1. The van der Waals surface area contributed by atoms with Crippen molar-refractivity contribution in [2.45, 2.75) is 33.2 Å². The molecule has 7 heteroatoms. The average molecular weight is 473 g/mol. The first-order valence-electron chi connectivity index (χ1n) is 11.7. The standard InChI is InChI=1S/C29H24N6O/c1-19-14-23(17-31)15-20(2)26(19)36-28-25-12-13-35(18-22-6-4-3-5-7-22)27(25)33-29(34-28)32-24-10-8-21(16-30)9-11-24/h3-8,10,12-15H,9,11,18H2,1-2H3,(H,32,33,34). The van der Waals surface area contributed by atoms with Crippen molar-refractivity contribution in [1.82, 2.24) is 14.5 Å². The maximum atomic E-state index is 9.31. The van der Waals surface area contributed by atoms with Crippen molar-refractivity contribution >= 4 is 17.0 Å². The summed E-state index contributed by atoms with van der Waals surface area (Å²) in [6.45, 7) is 4.51. The van der Waals surface area contributed by atoms with Crippen molar-refractivity contribution < 1.29 is 4.74 Å². The number of anilines is 1. The van der Waals surface area contributed by atoms with Crippen LogP contribution < -0.4 is 10.1 Å². The summed E-state index contributed by atoms with van der Waals surface area (Å²) in [6, 6.07) is 20.2. The van der Waals surface area contributed by atoms with Crippen molar-refractivity contribution in [2.75, 3.05) is 5.32 Å². The fourth-order valence-corrected chi connectivity index (χ4v) is 4.33. The lowest BCUT2D eigenvalue weighted by Gasteiger charge is -2.16. The predicted octanol–water partition coefficient (Wildman–Crippen LogP) is 6.30. The summed E-state index contributed by atoms with van der Waals surface area (Å²) in [7, 11) is 0. The van der Waals surface area contributed by atoms with Crippen LogP contribution in [0.15, 0.2) is 78.1 Å². The van der Waals surface area contributed by atoms with Gasteiger partial charge in [0.15, 0.2) is 0 Å². The lowest BCUT2D eigenvalue weighted by Crippen LogP contribution is -2.08. The first-order valence-corrected chi connectivity index (χ1v) is 11.7. The maximum Gasteiger partial charge on any atom is 0.233 e. The monoisotopic (exact) mass is 472 g/mol. The molecule has 0 radical (unpaired) electrons. The van der Waals surface area contributed by atoms with E-state index in [1.165, 1.54) is 0 Å². The molecule has 0 saturated carbocycles. The van der Waals surface area contributed by atoms with E-state index >= 15 is 0 Å². The Balaban J connectivity index is 1.58. The fourth-order valence-electron chi connectivity index (χ4n) is 4.33. The molecular formula is C29H24N6O. The van der Waals surface area contributed by atoms with Crippen LogP contribution in [0.4, 0.5) is 5.95 Å². The molecule has 0 atom stereocenters. The third-order valence-electron chi connectivity index (χ3n) is 6.13. The zero-order chi connectivity index (χ0) is 25.1. The van der Waals surface area contributed by atoms with Gasteiger partial charge in [0.2, 0.25) is 11.8 Å². The van der Waals surface area contributed by atoms with Gasteiger partial charge in [0.1, 0.15) is 11.4 Å². The van der Waals surface area contributed by atoms with E-state index in [4.69, 9.17) is 20.0 Å². The molecule has 0 aliphatic heterocycles. The number of allylic oxidation sites excluding steroid dienone is 4. The third kappa shape index (κ3) is 4.68. The average Bonchev–Trinajstić information content (AvgIpc) is 3.29. The molecule has 0 unspecified atom stereocenters. The molecule has 0 bridgehead atoms. The molecule has 1 aliphatic rings. The Morgan fingerprint density at radius 2 is 1.75 bits per heavy atom. The van der Waals surface area contributed by atoms with Gasteiger partial charge in [-0.25, -0.2) is 0 Å². The highest BCUT2D eigenvalue weighted by atomic mass is 16.5. The minimum Gasteiger partial charge on any atom is -0.438 e. The van der Waals surface area contributed by atoms with E-state index in [2.05, 4.69) is 34.2 Å². The van der Waals surface area contributed by atoms with Crippen LogP contribution in [0.1, 0.15) is 35.1 Å². The number of rotatable bonds is 6. The molecule has 0 saturated heterocycles. The molecule has 2 aromatic heterocycles. The highest BCUT2D eigenvalue weighted by Crippen LogP contribution is 2.34. The Kier molecular flexibility index (Phi) is 6.21. The molecule has 1 aliphatic carbocycles. The molecule has 4 aromatic rings. The van der Waals surface area contributed by atoms with E-state index in [0.717, 1.165) is 39.0 Å². The molecule has 0 spiro atoms. The summed E-state index contributed by atoms with van der Waals surface area (Å²) >= 11 is 0. The molecule has 0 fully saturated rings. The van der Waals surface area contributed by atoms with Crippen molar-refractivity contribution in [3.05, 3.63) is 100 Å². The number of ether oxygens (including phenoxy) is 1. The van der Waals surface area contributed by atoms with Gasteiger partial charge < -0.3 is 14.6 Å². The number of hydrogen-bond donors (Lipinski definition) is 1. The van der Waals surface area contributed by atoms with E-state index in [9.17, 15) is 5.26 Å². The van der Waals surface area contributed by atoms with Crippen LogP contribution in [0.3, 0.4) is 0 Å². The van der Waals surface area contributed by atoms with Gasteiger partial charge in [-0.05, 0) is 73.7 Å². The normalized spacial score (nSPS) is 12.9. The smallest absolute Gasteiger partial charge is 0.233 e. The van der Waals surface area contributed by atoms with E-state index < -0.39 is 0 Å². The van der Waals surface area contributed by atoms with E-state index in [0.29, 0.717) is 42.5 Å². The number of nitrogens with one attached hydrogen (secondary N) is 1. The minimum atomic E-state index is 0.425. The highest BCUT2D eigenvalue weighted by molar-refractivity contribution is 5.83. The number of aromatic nitrogens is 3. The van der Waals surface area contributed by atoms with Crippen molar-refractivity contribution in [2.24, 2.45) is 0 Å². The van der Waals surface area contributed by atoms with Gasteiger partial charge in [-0.1, -0.05) is 30.3 Å². The number of aryl methyl sites for hydroxylation is 2. The van der Waals surface area contributed by atoms with Gasteiger partial charge in [-0.15, -0.1) is 0 Å². The molecular weight excluding hydrogens is 448 g/mol. The predicted molar refractivity (Wildman–Crippen MR) is 138 cm³/mol. The van der Waals surface area contributed by atoms with E-state index in [1.807, 2.05) is 68.6 Å². The van der Waals surface area contributed by atoms with Crippen molar-refractivity contribution in [3.8, 4) is 23.8 Å². The molecule has 0 amide bonds. The van der Waals surface area contributed by atoms with Gasteiger partial charge in [0.05, 0.1) is 23.1 Å². The minimum absolute atomic E-state index is 0.425. The van der Waals surface area contributed by atoms with E-state index in [-0.39, 0.29) is 0 Å². The third-order valence-corrected chi connectivity index (χ3v) is 6.13. The quantitative estimate of drug-likeness (QED) is 0.353. The van der Waals surface area contributed by atoms with Crippen LogP contribution in [-0.2, 0) is 6.54 Å². The molecule has 5 rings (SSSR count). The Morgan fingerprint density at radius 3 is 2.42 bits per heavy atom. The molecule has 1 N–H and O–H groups in total. The second-order valence-electron chi connectivity index (χ2n) is 8.79. The first kappa shape index (κ1) is 22.9. The molecule has 36 heavy (non-hydrogen) atoms. The Labute approximate surface area is 209 Å². The van der Waals surface area contributed by atoms with Crippen LogP contribution in [0.25, 0.3) is 11.0 Å². The van der Waals surface area contributed by atoms with Crippen LogP contribution in [0, 0.1) is 36.5 Å². The van der Waals surface area contributed by atoms with Gasteiger partial charge >= 0.3 is 0 Å². The Morgan fingerprint density at radius 1 is 0.972 bits per heavy atom. The van der Waals surface area contributed by atoms with Crippen LogP contribution in [0.5, 0.6) is 11.6 Å². The largest absolute Gasteiger partial charge is 0.438 e. The van der Waals surface area contributed by atoms with Crippen molar-refractivity contribution in [3.63, 3.8) is 0 Å². The number of nitriles is 2. The Bertz CT molecular complexity index is 1580. The summed E-state index contributed by atoms with van der Waals surface area (Å²) in [5, 5.41) is 22.6. The summed E-state index contributed by atoms with van der Waals surface area (Å²) < 4.78 is 8.47. The maximum absolute atomic E-state index is 9.31. The fraction of sp³-hybridized carbons (Fsp3) is 0.172.